The van der Waals surface area contributed by atoms with Crippen LogP contribution in [0.2, 0.25) is 10.0 Å². The predicted molar refractivity (Wildman–Crippen MR) is 201 cm³/mol. The van der Waals surface area contributed by atoms with Gasteiger partial charge >= 0.3 is 12.0 Å². The van der Waals surface area contributed by atoms with Crippen LogP contribution in [0.4, 0.5) is 4.79 Å². The van der Waals surface area contributed by atoms with E-state index in [9.17, 15) is 19.5 Å². The zero-order valence-corrected chi connectivity index (χ0v) is 31.4. The highest BCUT2D eigenvalue weighted by Gasteiger charge is 2.44. The number of carboxylic acid groups (broad SMARTS) is 1. The summed E-state index contributed by atoms with van der Waals surface area (Å²) in [6.07, 6.45) is 1.75. The Morgan fingerprint density at radius 1 is 0.963 bits per heavy atom. The van der Waals surface area contributed by atoms with E-state index < -0.39 is 23.0 Å². The highest BCUT2D eigenvalue weighted by Crippen LogP contribution is 2.42. The van der Waals surface area contributed by atoms with Crippen LogP contribution >= 0.6 is 23.2 Å². The highest BCUT2D eigenvalue weighted by atomic mass is 35.5. The van der Waals surface area contributed by atoms with Crippen molar-refractivity contribution in [3.8, 4) is 17.1 Å². The summed E-state index contributed by atoms with van der Waals surface area (Å²) in [5.41, 5.74) is 2.09. The Hall–Kier alpha value is -4.76. The average molecular weight is 778 g/mol. The first kappa shape index (κ1) is 37.6. The van der Waals surface area contributed by atoms with E-state index in [2.05, 4.69) is 30.8 Å². The van der Waals surface area contributed by atoms with Gasteiger partial charge in [-0.25, -0.2) is 14.7 Å². The van der Waals surface area contributed by atoms with Gasteiger partial charge in [0.1, 0.15) is 5.75 Å². The Labute approximate surface area is 322 Å². The van der Waals surface area contributed by atoms with Crippen LogP contribution < -0.4 is 10.1 Å². The first-order valence-electron chi connectivity index (χ1n) is 18.0. The molecule has 3 aromatic carbocycles. The Balaban J connectivity index is 1.08. The fourth-order valence-electron chi connectivity index (χ4n) is 7.97. The molecule has 2 unspecified atom stereocenters. The van der Waals surface area contributed by atoms with E-state index in [4.69, 9.17) is 32.7 Å². The van der Waals surface area contributed by atoms with Crippen LogP contribution in [0.25, 0.3) is 11.4 Å². The van der Waals surface area contributed by atoms with Crippen LogP contribution in [0.5, 0.6) is 5.75 Å². The number of carboxylic acids is 1. The lowest BCUT2D eigenvalue weighted by atomic mass is 9.76. The van der Waals surface area contributed by atoms with E-state index >= 15 is 0 Å². The number of nitrogens with one attached hydrogen (secondary N) is 2. The van der Waals surface area contributed by atoms with Crippen molar-refractivity contribution in [1.29, 1.82) is 0 Å². The van der Waals surface area contributed by atoms with Crippen LogP contribution in [-0.4, -0.2) is 124 Å². The minimum atomic E-state index is -1.08. The largest absolute Gasteiger partial charge is 0.496 e. The topological polar surface area (TPSA) is 166 Å². The second kappa shape index (κ2) is 15.9. The maximum absolute atomic E-state index is 14.2. The van der Waals surface area contributed by atoms with Gasteiger partial charge in [0.05, 0.1) is 41.4 Å². The van der Waals surface area contributed by atoms with Gasteiger partial charge < -0.3 is 34.6 Å². The van der Waals surface area contributed by atoms with Gasteiger partial charge in [0, 0.05) is 43.7 Å². The molecule has 3 saturated heterocycles. The summed E-state index contributed by atoms with van der Waals surface area (Å²) in [5, 5.41) is 27.8. The monoisotopic (exact) mass is 776 g/mol. The van der Waals surface area contributed by atoms with Crippen molar-refractivity contribution in [2.75, 3.05) is 59.5 Å². The smallest absolute Gasteiger partial charge is 0.334 e. The average Bonchev–Trinajstić information content (AvgIpc) is 3.91. The molecule has 1 aromatic heterocycles. The molecule has 4 aromatic rings. The molecular weight excluding hydrogens is 735 g/mol. The molecule has 7 rings (SSSR count). The molecule has 284 valence electrons. The second-order valence-corrected chi connectivity index (χ2v) is 15.0. The summed E-state index contributed by atoms with van der Waals surface area (Å²) in [7, 11) is 1.54. The number of nitrogens with zero attached hydrogens (tertiary/aromatic N) is 6. The van der Waals surface area contributed by atoms with Gasteiger partial charge in [-0.1, -0.05) is 59.6 Å². The number of carbonyl (C=O) groups is 3. The SMILES string of the molecule is COc1ccc(-c2nnn[nH]2)cc1C(=O)N1CCC(CCN2CCC(NC(=O)N3CCOC(C(=O)O)C3)(c3ccccc3)CC2)(c2ccc(Cl)c(Cl)c2)C1. The van der Waals surface area contributed by atoms with E-state index in [1.54, 1.807) is 25.3 Å². The van der Waals surface area contributed by atoms with Crippen molar-refractivity contribution in [2.45, 2.75) is 42.7 Å². The third-order valence-electron chi connectivity index (χ3n) is 11.1. The van der Waals surface area contributed by atoms with Crippen molar-refractivity contribution >= 4 is 41.1 Å². The number of likely N-dealkylation sites (tertiary alicyclic amines) is 2. The summed E-state index contributed by atoms with van der Waals surface area (Å²) < 4.78 is 11.0. The van der Waals surface area contributed by atoms with Gasteiger partial charge in [0.25, 0.3) is 5.91 Å². The van der Waals surface area contributed by atoms with Gasteiger partial charge in [0.2, 0.25) is 0 Å². The molecule has 0 bridgehead atoms. The van der Waals surface area contributed by atoms with Crippen LogP contribution in [0.3, 0.4) is 0 Å². The zero-order chi connectivity index (χ0) is 37.9. The number of aromatic amines is 1. The summed E-state index contributed by atoms with van der Waals surface area (Å²) >= 11 is 12.9. The van der Waals surface area contributed by atoms with Crippen molar-refractivity contribution in [3.05, 3.63) is 93.5 Å². The Bertz CT molecular complexity index is 1980. The molecule has 0 radical (unpaired) electrons. The first-order valence-corrected chi connectivity index (χ1v) is 18.7. The van der Waals surface area contributed by atoms with E-state index in [1.807, 2.05) is 53.4 Å². The number of morpholine rings is 1. The number of urea groups is 1. The minimum Gasteiger partial charge on any atom is -0.496 e. The lowest BCUT2D eigenvalue weighted by Gasteiger charge is -2.45. The quantitative estimate of drug-likeness (QED) is 0.203. The zero-order valence-electron chi connectivity index (χ0n) is 29.8. The molecule has 54 heavy (non-hydrogen) atoms. The maximum Gasteiger partial charge on any atom is 0.334 e. The molecule has 0 aliphatic carbocycles. The second-order valence-electron chi connectivity index (χ2n) is 14.2. The molecule has 0 spiro atoms. The fraction of sp³-hybridized carbons (Fsp3) is 0.421. The minimum absolute atomic E-state index is 0.00830. The van der Waals surface area contributed by atoms with Crippen molar-refractivity contribution in [1.82, 2.24) is 40.6 Å². The number of piperidine rings is 1. The van der Waals surface area contributed by atoms with Crippen LogP contribution in [0, 0.1) is 0 Å². The van der Waals surface area contributed by atoms with E-state index in [1.165, 1.54) is 4.90 Å². The Kier molecular flexibility index (Phi) is 11.1. The highest BCUT2D eigenvalue weighted by molar-refractivity contribution is 6.42. The molecule has 4 heterocycles. The fourth-order valence-corrected chi connectivity index (χ4v) is 8.27. The van der Waals surface area contributed by atoms with E-state index in [-0.39, 0.29) is 25.1 Å². The maximum atomic E-state index is 14.2. The molecule has 3 N–H and O–H groups in total. The predicted octanol–water partition coefficient (Wildman–Crippen LogP) is 4.84. The molecule has 3 aliphatic rings. The van der Waals surface area contributed by atoms with Gasteiger partial charge in [-0.15, -0.1) is 5.10 Å². The number of aromatic nitrogens is 4. The molecule has 2 atom stereocenters. The molecule has 16 heteroatoms. The Morgan fingerprint density at radius 2 is 1.76 bits per heavy atom. The number of ether oxygens (including phenoxy) is 2. The van der Waals surface area contributed by atoms with Crippen LogP contribution in [-0.2, 0) is 20.5 Å². The van der Waals surface area contributed by atoms with Gasteiger partial charge in [-0.2, -0.15) is 0 Å². The van der Waals surface area contributed by atoms with Crippen molar-refractivity contribution in [2.24, 2.45) is 0 Å². The lowest BCUT2D eigenvalue weighted by molar-refractivity contribution is -0.154. The molecule has 0 saturated carbocycles. The molecular formula is C38H42Cl2N8O6. The number of H-pyrrole nitrogens is 1. The number of tetrazole rings is 1. The molecule has 3 aliphatic heterocycles. The number of rotatable bonds is 10. The van der Waals surface area contributed by atoms with Crippen molar-refractivity contribution in [3.63, 3.8) is 0 Å². The number of carbonyl (C=O) groups excluding carboxylic acids is 2. The Morgan fingerprint density at radius 3 is 2.46 bits per heavy atom. The normalized spacial score (nSPS) is 21.5. The van der Waals surface area contributed by atoms with Gasteiger partial charge in [-0.3, -0.25) is 4.79 Å². The number of hydrogen-bond acceptors (Lipinski definition) is 9. The standard InChI is InChI=1S/C38H42Cl2N8O6/c1-53-31-10-7-25(33-42-44-45-43-33)21-28(31)34(49)48-18-12-37(24-48,27-8-9-29(39)30(40)22-27)11-15-46-16-13-38(14-17-46,26-5-3-2-4-6-26)41-36(52)47-19-20-54-32(23-47)35(50)51/h2-10,21-22,32H,11-20,23-24H2,1H3,(H,41,52)(H,50,51)(H,42,43,44,45). The lowest BCUT2D eigenvalue weighted by Crippen LogP contribution is -2.59. The van der Waals surface area contributed by atoms with Crippen molar-refractivity contribution < 1.29 is 29.0 Å². The summed E-state index contributed by atoms with van der Waals surface area (Å²) in [6.45, 7) is 3.67. The third kappa shape index (κ3) is 7.74. The number of amides is 3. The molecule has 3 fully saturated rings. The molecule has 14 nitrogen and oxygen atoms in total. The van der Waals surface area contributed by atoms with Crippen LogP contribution in [0.1, 0.15) is 47.2 Å². The summed E-state index contributed by atoms with van der Waals surface area (Å²) in [5.74, 6) is -0.328. The van der Waals surface area contributed by atoms with E-state index in [0.29, 0.717) is 65.2 Å². The number of halogens is 2. The number of methoxy groups -OCH3 is 1. The summed E-state index contributed by atoms with van der Waals surface area (Å²) in [4.78, 5) is 45.2. The van der Waals surface area contributed by atoms with E-state index in [0.717, 1.165) is 43.6 Å². The third-order valence-corrected chi connectivity index (χ3v) is 11.9. The first-order chi connectivity index (χ1) is 26.1. The van der Waals surface area contributed by atoms with Crippen LogP contribution in [0.15, 0.2) is 66.7 Å². The summed E-state index contributed by atoms with van der Waals surface area (Å²) in [6, 6.07) is 20.7. The number of benzene rings is 3. The van der Waals surface area contributed by atoms with Gasteiger partial charge in [0.15, 0.2) is 11.9 Å². The van der Waals surface area contributed by atoms with Gasteiger partial charge in [-0.05, 0) is 84.1 Å². The number of hydrogen-bond donors (Lipinski definition) is 3. The molecule has 3 amide bonds. The number of aliphatic carboxylic acids is 1.